The second kappa shape index (κ2) is 4.77. The van der Waals surface area contributed by atoms with Crippen LogP contribution in [0.2, 0.25) is 0 Å². The summed E-state index contributed by atoms with van der Waals surface area (Å²) in [5.74, 6) is -1.42. The van der Waals surface area contributed by atoms with E-state index in [-0.39, 0.29) is 6.61 Å². The van der Waals surface area contributed by atoms with Gasteiger partial charge in [-0.25, -0.2) is 0 Å². The Balaban J connectivity index is 2.93. The Kier molecular flexibility index (Phi) is 3.65. The summed E-state index contributed by atoms with van der Waals surface area (Å²) in [4.78, 5) is 10.9. The molecule has 1 aromatic carbocycles. The zero-order valence-corrected chi connectivity index (χ0v) is 8.36. The van der Waals surface area contributed by atoms with Crippen molar-refractivity contribution in [1.29, 1.82) is 0 Å². The number of hydrogen-bond acceptors (Lipinski definition) is 2. The van der Waals surface area contributed by atoms with Crippen LogP contribution in [0.1, 0.15) is 17.0 Å². The number of methoxy groups -OCH3 is 1. The lowest BCUT2D eigenvalue weighted by Gasteiger charge is -2.11. The minimum Gasteiger partial charge on any atom is -0.481 e. The van der Waals surface area contributed by atoms with E-state index in [0.717, 1.165) is 11.1 Å². The molecule has 1 atom stereocenters. The normalized spacial score (nSPS) is 12.4. The van der Waals surface area contributed by atoms with Crippen molar-refractivity contribution in [1.82, 2.24) is 0 Å². The van der Waals surface area contributed by atoms with E-state index in [9.17, 15) is 4.79 Å². The first kappa shape index (κ1) is 10.7. The van der Waals surface area contributed by atoms with E-state index < -0.39 is 11.9 Å². The fourth-order valence-electron chi connectivity index (χ4n) is 1.36. The molecule has 1 unspecified atom stereocenters. The van der Waals surface area contributed by atoms with Gasteiger partial charge in [-0.1, -0.05) is 29.8 Å². The molecular weight excluding hydrogens is 180 g/mol. The molecule has 0 spiro atoms. The summed E-state index contributed by atoms with van der Waals surface area (Å²) in [6.45, 7) is 2.15. The van der Waals surface area contributed by atoms with Gasteiger partial charge in [-0.15, -0.1) is 0 Å². The molecule has 0 saturated carbocycles. The van der Waals surface area contributed by atoms with Crippen LogP contribution in [0.3, 0.4) is 0 Å². The van der Waals surface area contributed by atoms with E-state index >= 15 is 0 Å². The van der Waals surface area contributed by atoms with Crippen LogP contribution in [0.15, 0.2) is 24.3 Å². The van der Waals surface area contributed by atoms with Crippen LogP contribution in [-0.4, -0.2) is 24.8 Å². The average Bonchev–Trinajstić information content (AvgIpc) is 2.13. The molecule has 0 bridgehead atoms. The predicted molar refractivity (Wildman–Crippen MR) is 53.4 cm³/mol. The molecule has 3 heteroatoms. The first-order valence-electron chi connectivity index (χ1n) is 4.43. The van der Waals surface area contributed by atoms with Gasteiger partial charge in [0.25, 0.3) is 0 Å². The Labute approximate surface area is 83.3 Å². The number of benzene rings is 1. The van der Waals surface area contributed by atoms with Gasteiger partial charge in [0, 0.05) is 7.11 Å². The van der Waals surface area contributed by atoms with E-state index in [1.165, 1.54) is 7.11 Å². The highest BCUT2D eigenvalue weighted by molar-refractivity contribution is 5.76. The van der Waals surface area contributed by atoms with Crippen molar-refractivity contribution < 1.29 is 14.6 Å². The van der Waals surface area contributed by atoms with Gasteiger partial charge in [-0.3, -0.25) is 4.79 Å². The fraction of sp³-hybridized carbons (Fsp3) is 0.364. The van der Waals surface area contributed by atoms with Crippen LogP contribution in [0.5, 0.6) is 0 Å². The highest BCUT2D eigenvalue weighted by Crippen LogP contribution is 2.17. The average molecular weight is 194 g/mol. The molecule has 0 aliphatic heterocycles. The highest BCUT2D eigenvalue weighted by atomic mass is 16.5. The van der Waals surface area contributed by atoms with Gasteiger partial charge in [0.15, 0.2) is 0 Å². The largest absolute Gasteiger partial charge is 0.481 e. The second-order valence-electron chi connectivity index (χ2n) is 3.26. The lowest BCUT2D eigenvalue weighted by Crippen LogP contribution is -2.16. The standard InChI is InChI=1S/C11H14O3/c1-8-4-3-5-9(6-8)10(7-14-2)11(12)13/h3-6,10H,7H2,1-2H3,(H,12,13). The van der Waals surface area contributed by atoms with Crippen molar-refractivity contribution in [3.63, 3.8) is 0 Å². The van der Waals surface area contributed by atoms with Crippen molar-refractivity contribution in [3.8, 4) is 0 Å². The SMILES string of the molecule is COCC(C(=O)O)c1cccc(C)c1. The molecule has 1 N–H and O–H groups in total. The molecule has 0 radical (unpaired) electrons. The third kappa shape index (κ3) is 2.57. The monoisotopic (exact) mass is 194 g/mol. The van der Waals surface area contributed by atoms with E-state index in [4.69, 9.17) is 9.84 Å². The third-order valence-electron chi connectivity index (χ3n) is 2.08. The number of rotatable bonds is 4. The molecule has 0 aromatic heterocycles. The Hall–Kier alpha value is -1.35. The van der Waals surface area contributed by atoms with Gasteiger partial charge in [0.1, 0.15) is 5.92 Å². The highest BCUT2D eigenvalue weighted by Gasteiger charge is 2.19. The van der Waals surface area contributed by atoms with Crippen LogP contribution in [-0.2, 0) is 9.53 Å². The van der Waals surface area contributed by atoms with Crippen molar-refractivity contribution >= 4 is 5.97 Å². The Bertz CT molecular complexity index is 320. The summed E-state index contributed by atoms with van der Waals surface area (Å²) >= 11 is 0. The maximum absolute atomic E-state index is 10.9. The summed E-state index contributed by atoms with van der Waals surface area (Å²) in [5, 5.41) is 8.97. The number of hydrogen-bond donors (Lipinski definition) is 1. The molecule has 0 aliphatic rings. The molecule has 0 fully saturated rings. The van der Waals surface area contributed by atoms with Crippen LogP contribution < -0.4 is 0 Å². The summed E-state index contributed by atoms with van der Waals surface area (Å²) in [7, 11) is 1.51. The minimum atomic E-state index is -0.850. The van der Waals surface area contributed by atoms with Gasteiger partial charge >= 0.3 is 5.97 Å². The maximum atomic E-state index is 10.9. The zero-order chi connectivity index (χ0) is 10.6. The number of carboxylic acids is 1. The van der Waals surface area contributed by atoms with Crippen LogP contribution in [0.4, 0.5) is 0 Å². The lowest BCUT2D eigenvalue weighted by atomic mass is 9.98. The summed E-state index contributed by atoms with van der Waals surface area (Å²) in [5.41, 5.74) is 1.85. The molecule has 0 heterocycles. The molecule has 3 nitrogen and oxygen atoms in total. The van der Waals surface area contributed by atoms with Crippen LogP contribution >= 0.6 is 0 Å². The van der Waals surface area contributed by atoms with Crippen LogP contribution in [0.25, 0.3) is 0 Å². The van der Waals surface area contributed by atoms with E-state index in [0.29, 0.717) is 0 Å². The van der Waals surface area contributed by atoms with Crippen molar-refractivity contribution in [2.24, 2.45) is 0 Å². The molecule has 1 rings (SSSR count). The predicted octanol–water partition coefficient (Wildman–Crippen LogP) is 1.81. The number of ether oxygens (including phenoxy) is 1. The topological polar surface area (TPSA) is 46.5 Å². The first-order chi connectivity index (χ1) is 6.65. The van der Waals surface area contributed by atoms with Crippen LogP contribution in [0, 0.1) is 6.92 Å². The molecule has 76 valence electrons. The van der Waals surface area contributed by atoms with E-state index in [1.807, 2.05) is 31.2 Å². The fourth-order valence-corrected chi connectivity index (χ4v) is 1.36. The van der Waals surface area contributed by atoms with Gasteiger partial charge in [-0.05, 0) is 12.5 Å². The van der Waals surface area contributed by atoms with Crippen molar-refractivity contribution in [3.05, 3.63) is 35.4 Å². The Morgan fingerprint density at radius 2 is 2.29 bits per heavy atom. The molecule has 14 heavy (non-hydrogen) atoms. The third-order valence-corrected chi connectivity index (χ3v) is 2.08. The Morgan fingerprint density at radius 1 is 1.57 bits per heavy atom. The Morgan fingerprint density at radius 3 is 2.79 bits per heavy atom. The van der Waals surface area contributed by atoms with Gasteiger partial charge < -0.3 is 9.84 Å². The molecule has 0 amide bonds. The molecule has 0 aliphatic carbocycles. The molecule has 1 aromatic rings. The van der Waals surface area contributed by atoms with Gasteiger partial charge in [0.2, 0.25) is 0 Å². The summed E-state index contributed by atoms with van der Waals surface area (Å²) in [6, 6.07) is 7.48. The van der Waals surface area contributed by atoms with E-state index in [2.05, 4.69) is 0 Å². The second-order valence-corrected chi connectivity index (χ2v) is 3.26. The zero-order valence-electron chi connectivity index (χ0n) is 8.36. The minimum absolute atomic E-state index is 0.207. The van der Waals surface area contributed by atoms with Gasteiger partial charge in [0.05, 0.1) is 6.61 Å². The van der Waals surface area contributed by atoms with Gasteiger partial charge in [-0.2, -0.15) is 0 Å². The smallest absolute Gasteiger partial charge is 0.313 e. The maximum Gasteiger partial charge on any atom is 0.313 e. The number of aryl methyl sites for hydroxylation is 1. The number of aliphatic carboxylic acids is 1. The van der Waals surface area contributed by atoms with Crippen molar-refractivity contribution in [2.45, 2.75) is 12.8 Å². The quantitative estimate of drug-likeness (QED) is 0.795. The van der Waals surface area contributed by atoms with E-state index in [1.54, 1.807) is 0 Å². The molecular formula is C11H14O3. The number of carbonyl (C=O) groups is 1. The number of carboxylic acid groups (broad SMARTS) is 1. The summed E-state index contributed by atoms with van der Waals surface area (Å²) in [6.07, 6.45) is 0. The molecule has 0 saturated heterocycles. The summed E-state index contributed by atoms with van der Waals surface area (Å²) < 4.78 is 4.88. The first-order valence-corrected chi connectivity index (χ1v) is 4.43. The van der Waals surface area contributed by atoms with Crippen molar-refractivity contribution in [2.75, 3.05) is 13.7 Å². The lowest BCUT2D eigenvalue weighted by molar-refractivity contribution is -0.140.